The van der Waals surface area contributed by atoms with Gasteiger partial charge in [0.2, 0.25) is 0 Å². The van der Waals surface area contributed by atoms with Gasteiger partial charge in [-0.1, -0.05) is 13.8 Å². The van der Waals surface area contributed by atoms with Gasteiger partial charge in [-0.25, -0.2) is 4.79 Å². The fourth-order valence-electron chi connectivity index (χ4n) is 2.02. The minimum absolute atomic E-state index is 0.0957. The van der Waals surface area contributed by atoms with Gasteiger partial charge in [0.1, 0.15) is 5.69 Å². The number of hydrogen-bond acceptors (Lipinski definition) is 5. The molecule has 0 heterocycles. The van der Waals surface area contributed by atoms with Crippen molar-refractivity contribution in [2.24, 2.45) is 5.92 Å². The van der Waals surface area contributed by atoms with Gasteiger partial charge in [0.25, 0.3) is 5.69 Å². The zero-order valence-corrected chi connectivity index (χ0v) is 12.4. The minimum Gasteiger partial charge on any atom is -0.478 e. The SMILES string of the molecule is COCCN(CC(C)C)c1ccc(C(=O)O)cc1[N+](=O)[O-]. The van der Waals surface area contributed by atoms with Crippen LogP contribution in [0.2, 0.25) is 0 Å². The van der Waals surface area contributed by atoms with Gasteiger partial charge in [0.15, 0.2) is 0 Å². The van der Waals surface area contributed by atoms with Crippen LogP contribution >= 0.6 is 0 Å². The van der Waals surface area contributed by atoms with Gasteiger partial charge in [0.05, 0.1) is 17.1 Å². The normalized spacial score (nSPS) is 10.7. The fraction of sp³-hybridized carbons (Fsp3) is 0.500. The van der Waals surface area contributed by atoms with Crippen molar-refractivity contribution in [1.82, 2.24) is 0 Å². The van der Waals surface area contributed by atoms with Crippen molar-refractivity contribution in [3.63, 3.8) is 0 Å². The fourth-order valence-corrected chi connectivity index (χ4v) is 2.02. The Balaban J connectivity index is 3.21. The quantitative estimate of drug-likeness (QED) is 0.585. The molecule has 7 heteroatoms. The van der Waals surface area contributed by atoms with Gasteiger partial charge in [-0.3, -0.25) is 10.1 Å². The molecule has 1 rings (SSSR count). The van der Waals surface area contributed by atoms with E-state index in [0.29, 0.717) is 31.3 Å². The van der Waals surface area contributed by atoms with Crippen LogP contribution in [0.5, 0.6) is 0 Å². The molecule has 0 aliphatic heterocycles. The Hall–Kier alpha value is -2.15. The number of nitro benzene ring substituents is 1. The van der Waals surface area contributed by atoms with E-state index in [1.54, 1.807) is 7.11 Å². The topological polar surface area (TPSA) is 92.9 Å². The van der Waals surface area contributed by atoms with Gasteiger partial charge in [-0.2, -0.15) is 0 Å². The van der Waals surface area contributed by atoms with Crippen LogP contribution in [0, 0.1) is 16.0 Å². The van der Waals surface area contributed by atoms with E-state index in [-0.39, 0.29) is 11.3 Å². The molecular weight excluding hydrogens is 276 g/mol. The molecule has 1 N–H and O–H groups in total. The molecule has 1 aromatic carbocycles. The largest absolute Gasteiger partial charge is 0.478 e. The number of methoxy groups -OCH3 is 1. The Kier molecular flexibility index (Phi) is 6.10. The van der Waals surface area contributed by atoms with E-state index in [0.717, 1.165) is 6.07 Å². The molecule has 0 aromatic heterocycles. The van der Waals surface area contributed by atoms with Crippen LogP contribution < -0.4 is 4.90 Å². The van der Waals surface area contributed by atoms with E-state index < -0.39 is 10.9 Å². The molecule has 0 fully saturated rings. The molecule has 0 aliphatic carbocycles. The smallest absolute Gasteiger partial charge is 0.335 e. The lowest BCUT2D eigenvalue weighted by molar-refractivity contribution is -0.384. The maximum absolute atomic E-state index is 11.2. The van der Waals surface area contributed by atoms with E-state index in [4.69, 9.17) is 9.84 Å². The highest BCUT2D eigenvalue weighted by Crippen LogP contribution is 2.29. The van der Waals surface area contributed by atoms with Gasteiger partial charge in [-0.05, 0) is 18.1 Å². The van der Waals surface area contributed by atoms with Crippen LogP contribution in [0.25, 0.3) is 0 Å². The number of hydrogen-bond donors (Lipinski definition) is 1. The minimum atomic E-state index is -1.18. The molecule has 0 saturated heterocycles. The Labute approximate surface area is 123 Å². The monoisotopic (exact) mass is 296 g/mol. The van der Waals surface area contributed by atoms with E-state index >= 15 is 0 Å². The van der Waals surface area contributed by atoms with Crippen LogP contribution in [-0.2, 0) is 4.74 Å². The number of rotatable bonds is 8. The standard InChI is InChI=1S/C14H20N2O5/c1-10(2)9-15(6-7-21-3)12-5-4-11(14(17)18)8-13(12)16(19)20/h4-5,8,10H,6-7,9H2,1-3H3,(H,17,18). The summed E-state index contributed by atoms with van der Waals surface area (Å²) in [4.78, 5) is 23.5. The van der Waals surface area contributed by atoms with E-state index in [9.17, 15) is 14.9 Å². The van der Waals surface area contributed by atoms with E-state index in [2.05, 4.69) is 0 Å². The Bertz CT molecular complexity index is 516. The predicted octanol–water partition coefficient (Wildman–Crippen LogP) is 2.40. The summed E-state index contributed by atoms with van der Waals surface area (Å²) in [5.74, 6) is -0.877. The zero-order valence-electron chi connectivity index (χ0n) is 12.4. The van der Waals surface area contributed by atoms with Crippen molar-refractivity contribution in [3.8, 4) is 0 Å². The molecule has 21 heavy (non-hydrogen) atoms. The summed E-state index contributed by atoms with van der Waals surface area (Å²) >= 11 is 0. The Morgan fingerprint density at radius 3 is 2.62 bits per heavy atom. The second-order valence-electron chi connectivity index (χ2n) is 5.10. The Morgan fingerprint density at radius 1 is 1.48 bits per heavy atom. The highest BCUT2D eigenvalue weighted by atomic mass is 16.6. The van der Waals surface area contributed by atoms with Crippen molar-refractivity contribution in [3.05, 3.63) is 33.9 Å². The summed E-state index contributed by atoms with van der Waals surface area (Å²) < 4.78 is 5.03. The van der Waals surface area contributed by atoms with Gasteiger partial charge in [-0.15, -0.1) is 0 Å². The molecule has 0 spiro atoms. The zero-order chi connectivity index (χ0) is 16.0. The van der Waals surface area contributed by atoms with Gasteiger partial charge in [0, 0.05) is 26.3 Å². The van der Waals surface area contributed by atoms with Crippen LogP contribution in [0.1, 0.15) is 24.2 Å². The maximum atomic E-state index is 11.2. The van der Waals surface area contributed by atoms with E-state index in [1.165, 1.54) is 12.1 Å². The van der Waals surface area contributed by atoms with Crippen molar-refractivity contribution in [2.75, 3.05) is 31.7 Å². The number of carbonyl (C=O) groups is 1. The van der Waals surface area contributed by atoms with Crippen molar-refractivity contribution < 1.29 is 19.6 Å². The lowest BCUT2D eigenvalue weighted by atomic mass is 10.1. The summed E-state index contributed by atoms with van der Waals surface area (Å²) in [6.45, 7) is 5.58. The van der Waals surface area contributed by atoms with Gasteiger partial charge >= 0.3 is 5.97 Å². The lowest BCUT2D eigenvalue weighted by Gasteiger charge is -2.26. The summed E-state index contributed by atoms with van der Waals surface area (Å²) in [7, 11) is 1.56. The number of carboxylic acids is 1. The molecule has 0 atom stereocenters. The van der Waals surface area contributed by atoms with Crippen molar-refractivity contribution in [2.45, 2.75) is 13.8 Å². The van der Waals surface area contributed by atoms with Crippen molar-refractivity contribution in [1.29, 1.82) is 0 Å². The third kappa shape index (κ3) is 4.71. The third-order valence-corrected chi connectivity index (χ3v) is 2.91. The number of benzene rings is 1. The second-order valence-corrected chi connectivity index (χ2v) is 5.10. The summed E-state index contributed by atoms with van der Waals surface area (Å²) in [6, 6.07) is 3.96. The van der Waals surface area contributed by atoms with Crippen LogP contribution in [0.4, 0.5) is 11.4 Å². The maximum Gasteiger partial charge on any atom is 0.335 e. The lowest BCUT2D eigenvalue weighted by Crippen LogP contribution is -2.31. The number of carboxylic acid groups (broad SMARTS) is 1. The molecular formula is C14H20N2O5. The average Bonchev–Trinajstić information content (AvgIpc) is 2.42. The number of ether oxygens (including phenoxy) is 1. The van der Waals surface area contributed by atoms with E-state index in [1.807, 2.05) is 18.7 Å². The molecule has 116 valence electrons. The molecule has 7 nitrogen and oxygen atoms in total. The highest BCUT2D eigenvalue weighted by molar-refractivity contribution is 5.89. The predicted molar refractivity (Wildman–Crippen MR) is 79.0 cm³/mol. The van der Waals surface area contributed by atoms with Crippen LogP contribution in [-0.4, -0.2) is 42.8 Å². The molecule has 0 amide bonds. The first-order valence-corrected chi connectivity index (χ1v) is 6.62. The molecule has 0 unspecified atom stereocenters. The first kappa shape index (κ1) is 16.9. The molecule has 0 aliphatic rings. The average molecular weight is 296 g/mol. The van der Waals surface area contributed by atoms with Gasteiger partial charge < -0.3 is 14.7 Å². The summed E-state index contributed by atoms with van der Waals surface area (Å²) in [5.41, 5.74) is 0.115. The molecule has 1 aromatic rings. The molecule has 0 radical (unpaired) electrons. The number of nitrogens with zero attached hydrogens (tertiary/aromatic N) is 2. The molecule has 0 bridgehead atoms. The first-order chi connectivity index (χ1) is 9.86. The van der Waals surface area contributed by atoms with Crippen LogP contribution in [0.3, 0.4) is 0 Å². The number of aromatic carboxylic acids is 1. The Morgan fingerprint density at radius 2 is 2.14 bits per heavy atom. The first-order valence-electron chi connectivity index (χ1n) is 6.62. The summed E-state index contributed by atoms with van der Waals surface area (Å²) in [5, 5.41) is 20.2. The highest BCUT2D eigenvalue weighted by Gasteiger charge is 2.22. The number of nitro groups is 1. The number of anilines is 1. The second kappa shape index (κ2) is 7.58. The van der Waals surface area contributed by atoms with Crippen LogP contribution in [0.15, 0.2) is 18.2 Å². The third-order valence-electron chi connectivity index (χ3n) is 2.91. The van der Waals surface area contributed by atoms with Crippen molar-refractivity contribution >= 4 is 17.3 Å². The summed E-state index contributed by atoms with van der Waals surface area (Å²) in [6.07, 6.45) is 0. The molecule has 0 saturated carbocycles.